The molecule has 0 aliphatic rings. The molecule has 2 heterocycles. The van der Waals surface area contributed by atoms with Gasteiger partial charge in [0.1, 0.15) is 11.6 Å². The van der Waals surface area contributed by atoms with Gasteiger partial charge in [-0.1, -0.05) is 57.2 Å². The summed E-state index contributed by atoms with van der Waals surface area (Å²) in [6.07, 6.45) is 1.68. The normalized spacial score (nSPS) is 11.7. The zero-order valence-corrected chi connectivity index (χ0v) is 15.9. The lowest BCUT2D eigenvalue weighted by atomic mass is 9.87. The van der Waals surface area contributed by atoms with Crippen molar-refractivity contribution in [3.05, 3.63) is 78.3 Å². The summed E-state index contributed by atoms with van der Waals surface area (Å²) in [6.45, 7) is 7.22. The third-order valence-electron chi connectivity index (χ3n) is 4.62. The van der Waals surface area contributed by atoms with Crippen LogP contribution in [0.4, 0.5) is 5.82 Å². The quantitative estimate of drug-likeness (QED) is 0.501. The van der Waals surface area contributed by atoms with Crippen molar-refractivity contribution < 1.29 is 4.42 Å². The lowest BCUT2D eigenvalue weighted by Gasteiger charge is -2.19. The Kier molecular flexibility index (Phi) is 4.40. The number of nitrogens with zero attached hydrogens (tertiary/aromatic N) is 2. The topological polar surface area (TPSA) is 51.0 Å². The fourth-order valence-corrected chi connectivity index (χ4v) is 3.04. The van der Waals surface area contributed by atoms with Gasteiger partial charge in [0.2, 0.25) is 0 Å². The van der Waals surface area contributed by atoms with Crippen LogP contribution < -0.4 is 5.32 Å². The highest BCUT2D eigenvalue weighted by atomic mass is 16.3. The highest BCUT2D eigenvalue weighted by molar-refractivity contribution is 5.90. The van der Waals surface area contributed by atoms with Crippen molar-refractivity contribution in [1.82, 2.24) is 9.97 Å². The monoisotopic (exact) mass is 357 g/mol. The summed E-state index contributed by atoms with van der Waals surface area (Å²) < 4.78 is 5.42. The molecule has 0 spiro atoms. The molecular formula is C23H23N3O. The van der Waals surface area contributed by atoms with Crippen LogP contribution >= 0.6 is 0 Å². The van der Waals surface area contributed by atoms with Gasteiger partial charge in [0.15, 0.2) is 5.82 Å². The highest BCUT2D eigenvalue weighted by Crippen LogP contribution is 2.28. The number of aromatic nitrogens is 2. The minimum Gasteiger partial charge on any atom is -0.467 e. The van der Waals surface area contributed by atoms with Crippen LogP contribution in [0.15, 0.2) is 71.3 Å². The Morgan fingerprint density at radius 2 is 1.67 bits per heavy atom. The maximum absolute atomic E-state index is 5.42. The van der Waals surface area contributed by atoms with Gasteiger partial charge in [-0.3, -0.25) is 0 Å². The molecule has 0 saturated carbocycles. The molecule has 0 aliphatic carbocycles. The molecule has 0 aliphatic heterocycles. The zero-order chi connectivity index (χ0) is 18.9. The van der Waals surface area contributed by atoms with Gasteiger partial charge in [0.25, 0.3) is 0 Å². The van der Waals surface area contributed by atoms with Gasteiger partial charge in [-0.25, -0.2) is 9.97 Å². The number of nitrogens with one attached hydrogen (secondary N) is 1. The van der Waals surface area contributed by atoms with E-state index in [1.165, 1.54) is 5.56 Å². The fourth-order valence-electron chi connectivity index (χ4n) is 3.04. The molecule has 27 heavy (non-hydrogen) atoms. The molecule has 0 radical (unpaired) electrons. The lowest BCUT2D eigenvalue weighted by molar-refractivity contribution is 0.518. The molecule has 0 atom stereocenters. The first-order chi connectivity index (χ1) is 13.0. The van der Waals surface area contributed by atoms with Gasteiger partial charge >= 0.3 is 0 Å². The summed E-state index contributed by atoms with van der Waals surface area (Å²) >= 11 is 0. The Labute approximate surface area is 159 Å². The third-order valence-corrected chi connectivity index (χ3v) is 4.62. The number of anilines is 1. The van der Waals surface area contributed by atoms with E-state index in [4.69, 9.17) is 14.4 Å². The van der Waals surface area contributed by atoms with E-state index in [0.29, 0.717) is 6.54 Å². The van der Waals surface area contributed by atoms with Crippen LogP contribution in [-0.2, 0) is 12.0 Å². The van der Waals surface area contributed by atoms with Crippen molar-refractivity contribution in [3.63, 3.8) is 0 Å². The summed E-state index contributed by atoms with van der Waals surface area (Å²) in [5.41, 5.74) is 3.35. The van der Waals surface area contributed by atoms with Crippen LogP contribution in [0.3, 0.4) is 0 Å². The van der Waals surface area contributed by atoms with Crippen LogP contribution in [0.5, 0.6) is 0 Å². The number of furan rings is 1. The van der Waals surface area contributed by atoms with Crippen molar-refractivity contribution in [3.8, 4) is 11.4 Å². The van der Waals surface area contributed by atoms with Crippen molar-refractivity contribution in [2.45, 2.75) is 32.7 Å². The first kappa shape index (κ1) is 17.3. The molecule has 0 amide bonds. The van der Waals surface area contributed by atoms with E-state index in [1.807, 2.05) is 36.4 Å². The smallest absolute Gasteiger partial charge is 0.162 e. The second-order valence-electron chi connectivity index (χ2n) is 7.67. The number of para-hydroxylation sites is 1. The van der Waals surface area contributed by atoms with Crippen LogP contribution in [0.2, 0.25) is 0 Å². The Bertz CT molecular complexity index is 1050. The molecule has 4 rings (SSSR count). The van der Waals surface area contributed by atoms with Gasteiger partial charge in [-0.15, -0.1) is 0 Å². The lowest BCUT2D eigenvalue weighted by Crippen LogP contribution is -2.10. The van der Waals surface area contributed by atoms with E-state index in [-0.39, 0.29) is 5.41 Å². The number of fused-ring (bicyclic) bond motifs is 1. The van der Waals surface area contributed by atoms with Gasteiger partial charge < -0.3 is 9.73 Å². The number of hydrogen-bond donors (Lipinski definition) is 1. The molecule has 2 aromatic carbocycles. The highest BCUT2D eigenvalue weighted by Gasteiger charge is 2.14. The van der Waals surface area contributed by atoms with Gasteiger partial charge in [-0.2, -0.15) is 0 Å². The summed E-state index contributed by atoms with van der Waals surface area (Å²) in [4.78, 5) is 9.57. The van der Waals surface area contributed by atoms with Crippen molar-refractivity contribution in [2.75, 3.05) is 5.32 Å². The molecule has 1 N–H and O–H groups in total. The second kappa shape index (κ2) is 6.88. The molecule has 4 aromatic rings. The summed E-state index contributed by atoms with van der Waals surface area (Å²) in [7, 11) is 0. The Hall–Kier alpha value is -3.14. The average Bonchev–Trinajstić information content (AvgIpc) is 3.19. The molecule has 0 bridgehead atoms. The van der Waals surface area contributed by atoms with E-state index >= 15 is 0 Å². The van der Waals surface area contributed by atoms with Crippen LogP contribution in [0.25, 0.3) is 22.3 Å². The van der Waals surface area contributed by atoms with Gasteiger partial charge in [-0.05, 0) is 35.2 Å². The Balaban J connectivity index is 1.72. The Morgan fingerprint density at radius 3 is 2.37 bits per heavy atom. The molecule has 0 fully saturated rings. The Morgan fingerprint density at radius 1 is 0.889 bits per heavy atom. The van der Waals surface area contributed by atoms with E-state index < -0.39 is 0 Å². The molecule has 0 unspecified atom stereocenters. The zero-order valence-electron chi connectivity index (χ0n) is 15.9. The van der Waals surface area contributed by atoms with E-state index in [2.05, 4.69) is 50.4 Å². The predicted octanol–water partition coefficient (Wildman–Crippen LogP) is 5.80. The van der Waals surface area contributed by atoms with Gasteiger partial charge in [0.05, 0.1) is 18.3 Å². The fraction of sp³-hybridized carbons (Fsp3) is 0.217. The number of rotatable bonds is 4. The molecule has 2 aromatic heterocycles. The van der Waals surface area contributed by atoms with E-state index in [9.17, 15) is 0 Å². The van der Waals surface area contributed by atoms with Crippen LogP contribution in [0.1, 0.15) is 32.1 Å². The van der Waals surface area contributed by atoms with Crippen molar-refractivity contribution >= 4 is 16.7 Å². The number of benzene rings is 2. The first-order valence-corrected chi connectivity index (χ1v) is 9.15. The summed E-state index contributed by atoms with van der Waals surface area (Å²) in [5, 5.41) is 4.39. The van der Waals surface area contributed by atoms with Gasteiger partial charge in [0, 0.05) is 10.9 Å². The summed E-state index contributed by atoms with van der Waals surface area (Å²) in [5.74, 6) is 2.40. The predicted molar refractivity (Wildman–Crippen MR) is 110 cm³/mol. The van der Waals surface area contributed by atoms with E-state index in [1.54, 1.807) is 6.26 Å². The molecule has 4 heteroatoms. The largest absolute Gasteiger partial charge is 0.467 e. The number of hydrogen-bond acceptors (Lipinski definition) is 4. The van der Waals surface area contributed by atoms with Crippen LogP contribution in [-0.4, -0.2) is 9.97 Å². The average molecular weight is 357 g/mol. The maximum atomic E-state index is 5.42. The van der Waals surface area contributed by atoms with Crippen molar-refractivity contribution in [2.24, 2.45) is 0 Å². The first-order valence-electron chi connectivity index (χ1n) is 9.15. The second-order valence-corrected chi connectivity index (χ2v) is 7.67. The van der Waals surface area contributed by atoms with Crippen LogP contribution in [0, 0.1) is 0 Å². The minimum atomic E-state index is 0.124. The maximum Gasteiger partial charge on any atom is 0.162 e. The molecule has 0 saturated heterocycles. The molecular weight excluding hydrogens is 334 g/mol. The standard InChI is InChI=1S/C23H23N3O/c1-23(2,3)17-12-10-16(11-13-17)21-25-20-9-5-4-8-19(20)22(26-21)24-15-18-7-6-14-27-18/h4-14H,15H2,1-3H3,(H,24,25,26). The molecule has 136 valence electrons. The minimum absolute atomic E-state index is 0.124. The third kappa shape index (κ3) is 3.70. The van der Waals surface area contributed by atoms with E-state index in [0.717, 1.165) is 33.9 Å². The molecule has 4 nitrogen and oxygen atoms in total. The summed E-state index contributed by atoms with van der Waals surface area (Å²) in [6, 6.07) is 20.4. The SMILES string of the molecule is CC(C)(C)c1ccc(-c2nc(NCc3ccco3)c3ccccc3n2)cc1. The van der Waals surface area contributed by atoms with Crippen molar-refractivity contribution in [1.29, 1.82) is 0 Å².